The van der Waals surface area contributed by atoms with Gasteiger partial charge in [0.25, 0.3) is 0 Å². The van der Waals surface area contributed by atoms with Gasteiger partial charge >= 0.3 is 5.97 Å². The molecule has 0 atom stereocenters. The number of hydrogen-bond donors (Lipinski definition) is 1. The first-order valence-electron chi connectivity index (χ1n) is 9.97. The number of aryl methyl sites for hydroxylation is 1. The van der Waals surface area contributed by atoms with E-state index in [9.17, 15) is 9.90 Å². The molecule has 0 amide bonds. The van der Waals surface area contributed by atoms with Crippen LogP contribution in [0.25, 0.3) is 0 Å². The summed E-state index contributed by atoms with van der Waals surface area (Å²) in [6, 6.07) is 21.1. The number of esters is 1. The van der Waals surface area contributed by atoms with Crippen molar-refractivity contribution in [2.24, 2.45) is 0 Å². The Bertz CT molecular complexity index is 1100. The van der Waals surface area contributed by atoms with Gasteiger partial charge in [0, 0.05) is 21.8 Å². The molecule has 3 aromatic carbocycles. The molecule has 0 aromatic heterocycles. The normalized spacial score (nSPS) is 10.1. The van der Waals surface area contributed by atoms with Gasteiger partial charge in [0.05, 0.1) is 6.61 Å². The van der Waals surface area contributed by atoms with Crippen LogP contribution in [0.5, 0.6) is 11.5 Å². The molecule has 0 heterocycles. The van der Waals surface area contributed by atoms with Gasteiger partial charge in [0.15, 0.2) is 6.61 Å². The molecule has 4 nitrogen and oxygen atoms in total. The Morgan fingerprint density at radius 1 is 1.03 bits per heavy atom. The van der Waals surface area contributed by atoms with Gasteiger partial charge in [-0.25, -0.2) is 4.79 Å². The number of benzene rings is 3. The number of phenolic OH excluding ortho intramolecular Hbond substituents is 1. The van der Waals surface area contributed by atoms with Crippen molar-refractivity contribution < 1.29 is 19.4 Å². The van der Waals surface area contributed by atoms with Crippen LogP contribution in [-0.2, 0) is 16.0 Å². The van der Waals surface area contributed by atoms with Gasteiger partial charge in [0.1, 0.15) is 11.5 Å². The summed E-state index contributed by atoms with van der Waals surface area (Å²) in [7, 11) is 0. The van der Waals surface area contributed by atoms with Crippen LogP contribution in [0.4, 0.5) is 0 Å². The third kappa shape index (κ3) is 7.13. The van der Waals surface area contributed by atoms with E-state index in [-0.39, 0.29) is 18.3 Å². The van der Waals surface area contributed by atoms with E-state index in [4.69, 9.17) is 9.47 Å². The summed E-state index contributed by atoms with van der Waals surface area (Å²) in [6.07, 6.45) is 0.658. The monoisotopic (exact) mass is 432 g/mol. The topological polar surface area (TPSA) is 55.8 Å². The maximum atomic E-state index is 11.5. The molecular formula is C26H24O4S. The lowest BCUT2D eigenvalue weighted by atomic mass is 10.1. The molecule has 158 valence electrons. The molecule has 0 aliphatic rings. The van der Waals surface area contributed by atoms with Crippen LogP contribution in [-0.4, -0.2) is 24.3 Å². The highest BCUT2D eigenvalue weighted by Gasteiger charge is 2.08. The molecular weight excluding hydrogens is 408 g/mol. The minimum absolute atomic E-state index is 0.112. The Morgan fingerprint density at radius 3 is 2.58 bits per heavy atom. The molecule has 5 heteroatoms. The molecule has 0 saturated carbocycles. The van der Waals surface area contributed by atoms with E-state index in [1.165, 1.54) is 11.8 Å². The van der Waals surface area contributed by atoms with Gasteiger partial charge in [-0.1, -0.05) is 53.9 Å². The zero-order valence-electron chi connectivity index (χ0n) is 17.6. The Morgan fingerprint density at radius 2 is 1.84 bits per heavy atom. The van der Waals surface area contributed by atoms with Crippen LogP contribution in [0, 0.1) is 18.8 Å². The lowest BCUT2D eigenvalue weighted by Gasteiger charge is -2.10. The first kappa shape index (κ1) is 22.3. The molecule has 0 bridgehead atoms. The van der Waals surface area contributed by atoms with E-state index in [0.29, 0.717) is 18.8 Å². The average Bonchev–Trinajstić information content (AvgIpc) is 2.74. The highest BCUT2D eigenvalue weighted by Crippen LogP contribution is 2.33. The second-order valence-electron chi connectivity index (χ2n) is 6.80. The minimum Gasteiger partial charge on any atom is -0.508 e. The predicted molar refractivity (Wildman–Crippen MR) is 123 cm³/mol. The van der Waals surface area contributed by atoms with Crippen LogP contribution >= 0.6 is 11.8 Å². The highest BCUT2D eigenvalue weighted by molar-refractivity contribution is 7.99. The van der Waals surface area contributed by atoms with Gasteiger partial charge < -0.3 is 14.6 Å². The molecule has 0 spiro atoms. The second kappa shape index (κ2) is 11.1. The van der Waals surface area contributed by atoms with E-state index in [2.05, 4.69) is 11.8 Å². The summed E-state index contributed by atoms with van der Waals surface area (Å²) < 4.78 is 10.4. The highest BCUT2D eigenvalue weighted by atomic mass is 32.2. The fourth-order valence-electron chi connectivity index (χ4n) is 2.88. The molecule has 0 radical (unpaired) electrons. The third-order valence-corrected chi connectivity index (χ3v) is 5.25. The minimum atomic E-state index is -0.388. The molecule has 3 aromatic rings. The van der Waals surface area contributed by atoms with Crippen molar-refractivity contribution in [3.05, 3.63) is 83.4 Å². The van der Waals surface area contributed by atoms with E-state index >= 15 is 0 Å². The first-order valence-corrected chi connectivity index (χ1v) is 10.8. The largest absolute Gasteiger partial charge is 0.508 e. The Kier molecular flexibility index (Phi) is 8.03. The molecule has 0 saturated heterocycles. The third-order valence-electron chi connectivity index (χ3n) is 4.29. The maximum absolute atomic E-state index is 11.5. The van der Waals surface area contributed by atoms with E-state index in [0.717, 1.165) is 26.5 Å². The number of aromatic hydroxyl groups is 1. The van der Waals surface area contributed by atoms with Crippen molar-refractivity contribution in [2.45, 2.75) is 30.1 Å². The van der Waals surface area contributed by atoms with Crippen molar-refractivity contribution in [1.29, 1.82) is 0 Å². The summed E-state index contributed by atoms with van der Waals surface area (Å²) in [5.41, 5.74) is 2.84. The van der Waals surface area contributed by atoms with Crippen molar-refractivity contribution in [1.82, 2.24) is 0 Å². The van der Waals surface area contributed by atoms with Gasteiger partial charge in [-0.05, 0) is 61.4 Å². The fourth-order valence-corrected chi connectivity index (χ4v) is 3.89. The zero-order valence-corrected chi connectivity index (χ0v) is 18.4. The van der Waals surface area contributed by atoms with Crippen LogP contribution < -0.4 is 4.74 Å². The van der Waals surface area contributed by atoms with Gasteiger partial charge in [-0.2, -0.15) is 0 Å². The van der Waals surface area contributed by atoms with Crippen LogP contribution in [0.15, 0.2) is 76.5 Å². The molecule has 0 aliphatic heterocycles. The van der Waals surface area contributed by atoms with Crippen molar-refractivity contribution in [3.63, 3.8) is 0 Å². The summed E-state index contributed by atoms with van der Waals surface area (Å²) in [5.74, 6) is 6.72. The Balaban J connectivity index is 1.67. The first-order chi connectivity index (χ1) is 15.0. The summed E-state index contributed by atoms with van der Waals surface area (Å²) in [4.78, 5) is 13.4. The number of carbonyl (C=O) groups is 1. The Labute approximate surface area is 187 Å². The molecule has 0 unspecified atom stereocenters. The van der Waals surface area contributed by atoms with Crippen molar-refractivity contribution >= 4 is 17.7 Å². The van der Waals surface area contributed by atoms with Crippen molar-refractivity contribution in [2.75, 3.05) is 13.2 Å². The second-order valence-corrected chi connectivity index (χ2v) is 7.95. The molecule has 31 heavy (non-hydrogen) atoms. The summed E-state index contributed by atoms with van der Waals surface area (Å²) >= 11 is 1.53. The Hall–Kier alpha value is -3.36. The van der Waals surface area contributed by atoms with Crippen LogP contribution in [0.3, 0.4) is 0 Å². The lowest BCUT2D eigenvalue weighted by Crippen LogP contribution is -2.14. The number of rotatable bonds is 7. The predicted octanol–water partition coefficient (Wildman–Crippen LogP) is 5.39. The zero-order chi connectivity index (χ0) is 22.1. The quantitative estimate of drug-likeness (QED) is 0.401. The number of ether oxygens (including phenoxy) is 2. The fraction of sp³-hybridized carbons (Fsp3) is 0.192. The van der Waals surface area contributed by atoms with Crippen LogP contribution in [0.1, 0.15) is 23.6 Å². The number of carbonyl (C=O) groups excluding carboxylic acids is 1. The molecule has 0 fully saturated rings. The molecule has 3 rings (SSSR count). The summed E-state index contributed by atoms with van der Waals surface area (Å²) in [6.45, 7) is 3.91. The lowest BCUT2D eigenvalue weighted by molar-refractivity contribution is -0.145. The summed E-state index contributed by atoms with van der Waals surface area (Å²) in [5, 5.41) is 10.1. The van der Waals surface area contributed by atoms with E-state index < -0.39 is 0 Å². The molecule has 1 N–H and O–H groups in total. The van der Waals surface area contributed by atoms with Gasteiger partial charge in [0.2, 0.25) is 0 Å². The van der Waals surface area contributed by atoms with Gasteiger partial charge in [-0.15, -0.1) is 0 Å². The van der Waals surface area contributed by atoms with E-state index in [1.807, 2.05) is 61.5 Å². The molecule has 0 aliphatic carbocycles. The van der Waals surface area contributed by atoms with E-state index in [1.54, 1.807) is 19.1 Å². The van der Waals surface area contributed by atoms with Gasteiger partial charge in [-0.3, -0.25) is 0 Å². The number of phenols is 1. The maximum Gasteiger partial charge on any atom is 0.344 e. The number of hydrogen-bond acceptors (Lipinski definition) is 5. The standard InChI is InChI=1S/C26H24O4S/c1-3-29-26(28)18-30-25-13-12-23(14-19(25)2)31-24-16-21(15-22(27)17-24)11-7-10-20-8-5-4-6-9-20/h4-6,8-9,12-17,27H,3,10,18H2,1-2H3. The van der Waals surface area contributed by atoms with Crippen molar-refractivity contribution in [3.8, 4) is 23.3 Å². The van der Waals surface area contributed by atoms with Crippen LogP contribution in [0.2, 0.25) is 0 Å². The smallest absolute Gasteiger partial charge is 0.344 e. The SMILES string of the molecule is CCOC(=O)COc1ccc(Sc2cc(O)cc(C#CCc3ccccc3)c2)cc1C. The average molecular weight is 433 g/mol.